The van der Waals surface area contributed by atoms with E-state index in [0.717, 1.165) is 40.1 Å². The van der Waals surface area contributed by atoms with Gasteiger partial charge in [-0.15, -0.1) is 0 Å². The molecule has 2 aliphatic rings. The van der Waals surface area contributed by atoms with Crippen LogP contribution in [0.4, 0.5) is 11.5 Å². The van der Waals surface area contributed by atoms with Gasteiger partial charge in [-0.1, -0.05) is 55.8 Å². The molecular weight excluding hydrogens is 412 g/mol. The molecule has 0 saturated carbocycles. The molecule has 33 heavy (non-hydrogen) atoms. The number of amides is 1. The van der Waals surface area contributed by atoms with Crippen LogP contribution in [-0.2, 0) is 4.79 Å². The van der Waals surface area contributed by atoms with E-state index < -0.39 is 0 Å². The largest absolute Gasteiger partial charge is 0.343 e. The lowest BCUT2D eigenvalue weighted by Crippen LogP contribution is -2.37. The highest BCUT2D eigenvalue weighted by Gasteiger charge is 2.42. The predicted octanol–water partition coefficient (Wildman–Crippen LogP) is 5.41. The van der Waals surface area contributed by atoms with Crippen molar-refractivity contribution in [2.75, 3.05) is 10.6 Å². The first-order valence-corrected chi connectivity index (χ1v) is 11.3. The number of aromatic nitrogens is 2. The van der Waals surface area contributed by atoms with Crippen LogP contribution in [0, 0.1) is 19.3 Å². The molecular formula is C27H28N4O2. The molecule has 1 amide bonds. The maximum atomic E-state index is 13.3. The van der Waals surface area contributed by atoms with Gasteiger partial charge >= 0.3 is 0 Å². The van der Waals surface area contributed by atoms with Crippen LogP contribution in [-0.4, -0.2) is 21.5 Å². The van der Waals surface area contributed by atoms with Gasteiger partial charge in [0.1, 0.15) is 17.4 Å². The van der Waals surface area contributed by atoms with E-state index in [9.17, 15) is 9.59 Å². The number of hydrogen-bond acceptors (Lipinski definition) is 4. The van der Waals surface area contributed by atoms with E-state index in [1.807, 2.05) is 62.4 Å². The molecule has 2 N–H and O–H groups in total. The molecule has 1 aliphatic heterocycles. The predicted molar refractivity (Wildman–Crippen MR) is 129 cm³/mol. The summed E-state index contributed by atoms with van der Waals surface area (Å²) in [4.78, 5) is 26.5. The quantitative estimate of drug-likeness (QED) is 0.571. The summed E-state index contributed by atoms with van der Waals surface area (Å²) >= 11 is 0. The summed E-state index contributed by atoms with van der Waals surface area (Å²) in [5.74, 6) is 0.521. The minimum atomic E-state index is -0.359. The van der Waals surface area contributed by atoms with Gasteiger partial charge in [0.25, 0.3) is 5.91 Å². The maximum Gasteiger partial charge on any atom is 0.261 e. The molecule has 0 spiro atoms. The summed E-state index contributed by atoms with van der Waals surface area (Å²) in [7, 11) is 0. The third kappa shape index (κ3) is 3.75. The SMILES string of the molecule is Cc1ccc(NC(=O)c2cnn3c2NC2=C(C(=O)CC(C)(C)C2)C3c2ccccc2C)cc1. The number of Topliss-reactive ketones (excluding diaryl/α,β-unsaturated/α-hetero) is 1. The number of ketones is 1. The van der Waals surface area contributed by atoms with Crippen molar-refractivity contribution in [1.29, 1.82) is 0 Å². The number of aryl methyl sites for hydroxylation is 2. The molecule has 1 unspecified atom stereocenters. The molecule has 2 aromatic carbocycles. The fourth-order valence-corrected chi connectivity index (χ4v) is 4.89. The number of hydrogen-bond donors (Lipinski definition) is 2. The number of anilines is 2. The molecule has 5 rings (SSSR count). The first-order valence-electron chi connectivity index (χ1n) is 11.3. The Morgan fingerprint density at radius 1 is 1.09 bits per heavy atom. The van der Waals surface area contributed by atoms with Crippen molar-refractivity contribution in [1.82, 2.24) is 9.78 Å². The van der Waals surface area contributed by atoms with Gasteiger partial charge in [-0.2, -0.15) is 5.10 Å². The molecule has 0 fully saturated rings. The summed E-state index contributed by atoms with van der Waals surface area (Å²) in [6.07, 6.45) is 2.82. The second-order valence-electron chi connectivity index (χ2n) is 9.89. The second-order valence-corrected chi connectivity index (χ2v) is 9.89. The Hall–Kier alpha value is -3.67. The lowest BCUT2D eigenvalue weighted by molar-refractivity contribution is -0.118. The first-order chi connectivity index (χ1) is 15.7. The Morgan fingerprint density at radius 3 is 2.55 bits per heavy atom. The zero-order valence-electron chi connectivity index (χ0n) is 19.4. The highest BCUT2D eigenvalue weighted by Crippen LogP contribution is 2.46. The van der Waals surface area contributed by atoms with E-state index in [1.165, 1.54) is 0 Å². The Balaban J connectivity index is 1.60. The highest BCUT2D eigenvalue weighted by atomic mass is 16.1. The van der Waals surface area contributed by atoms with Crippen molar-refractivity contribution < 1.29 is 9.59 Å². The second kappa shape index (κ2) is 7.73. The Labute approximate surface area is 193 Å². The molecule has 1 aromatic heterocycles. The molecule has 3 aromatic rings. The van der Waals surface area contributed by atoms with Crippen molar-refractivity contribution in [3.8, 4) is 0 Å². The van der Waals surface area contributed by atoms with Crippen LogP contribution in [0.25, 0.3) is 0 Å². The zero-order chi connectivity index (χ0) is 23.3. The molecule has 6 nitrogen and oxygen atoms in total. The third-order valence-corrected chi connectivity index (χ3v) is 6.54. The number of rotatable bonds is 3. The summed E-state index contributed by atoms with van der Waals surface area (Å²) in [6, 6.07) is 15.4. The van der Waals surface area contributed by atoms with Gasteiger partial charge < -0.3 is 10.6 Å². The lowest BCUT2D eigenvalue weighted by Gasteiger charge is -2.39. The monoisotopic (exact) mass is 440 g/mol. The highest BCUT2D eigenvalue weighted by molar-refractivity contribution is 6.08. The number of allylic oxidation sites excluding steroid dienone is 2. The summed E-state index contributed by atoms with van der Waals surface area (Å²) in [6.45, 7) is 8.27. The molecule has 1 aliphatic carbocycles. The Kier molecular flexibility index (Phi) is 4.96. The van der Waals surface area contributed by atoms with Crippen LogP contribution < -0.4 is 10.6 Å². The molecule has 2 heterocycles. The number of fused-ring (bicyclic) bond motifs is 1. The summed E-state index contributed by atoms with van der Waals surface area (Å²) in [5.41, 5.74) is 5.91. The number of nitrogens with zero attached hydrogens (tertiary/aromatic N) is 2. The van der Waals surface area contributed by atoms with E-state index in [-0.39, 0.29) is 23.1 Å². The van der Waals surface area contributed by atoms with E-state index in [0.29, 0.717) is 17.8 Å². The van der Waals surface area contributed by atoms with Crippen molar-refractivity contribution in [2.24, 2.45) is 5.41 Å². The fourth-order valence-electron chi connectivity index (χ4n) is 4.89. The maximum absolute atomic E-state index is 13.3. The molecule has 6 heteroatoms. The van der Waals surface area contributed by atoms with Crippen molar-refractivity contribution in [3.63, 3.8) is 0 Å². The summed E-state index contributed by atoms with van der Waals surface area (Å²) < 4.78 is 1.79. The van der Waals surface area contributed by atoms with Gasteiger partial charge in [0.2, 0.25) is 0 Å². The lowest BCUT2D eigenvalue weighted by atomic mass is 9.72. The Bertz CT molecular complexity index is 1300. The minimum Gasteiger partial charge on any atom is -0.343 e. The molecule has 0 radical (unpaired) electrons. The van der Waals surface area contributed by atoms with E-state index >= 15 is 0 Å². The van der Waals surface area contributed by atoms with Gasteiger partial charge in [0.05, 0.1) is 6.20 Å². The Morgan fingerprint density at radius 2 is 1.82 bits per heavy atom. The van der Waals surface area contributed by atoms with Gasteiger partial charge in [-0.25, -0.2) is 4.68 Å². The smallest absolute Gasteiger partial charge is 0.261 e. The molecule has 168 valence electrons. The van der Waals surface area contributed by atoms with Gasteiger partial charge in [0.15, 0.2) is 5.78 Å². The number of benzene rings is 2. The number of carbonyl (C=O) groups is 2. The van der Waals surface area contributed by atoms with Crippen molar-refractivity contribution >= 4 is 23.2 Å². The van der Waals surface area contributed by atoms with E-state index in [2.05, 4.69) is 29.6 Å². The minimum absolute atomic E-state index is 0.133. The van der Waals surface area contributed by atoms with Crippen LogP contribution in [0.3, 0.4) is 0 Å². The molecule has 0 bridgehead atoms. The van der Waals surface area contributed by atoms with Crippen molar-refractivity contribution in [3.05, 3.63) is 88.3 Å². The van der Waals surface area contributed by atoms with Crippen molar-refractivity contribution in [2.45, 2.75) is 46.6 Å². The van der Waals surface area contributed by atoms with Crippen LogP contribution in [0.2, 0.25) is 0 Å². The standard InChI is InChI=1S/C27H28N4O2/c1-16-9-11-18(12-10-16)29-26(33)20-15-28-31-24(19-8-6-5-7-17(19)2)23-21(30-25(20)31)13-27(3,4)14-22(23)32/h5-12,15,24,30H,13-14H2,1-4H3,(H,29,33). The van der Waals surface area contributed by atoms with E-state index in [4.69, 9.17) is 0 Å². The van der Waals surface area contributed by atoms with Gasteiger partial charge in [-0.05, 0) is 48.9 Å². The topological polar surface area (TPSA) is 76.0 Å². The van der Waals surface area contributed by atoms with Crippen LogP contribution in [0.15, 0.2) is 66.0 Å². The van der Waals surface area contributed by atoms with Crippen LogP contribution in [0.1, 0.15) is 59.8 Å². The van der Waals surface area contributed by atoms with Crippen LogP contribution >= 0.6 is 0 Å². The fraction of sp³-hybridized carbons (Fsp3) is 0.296. The molecule has 0 saturated heterocycles. The average Bonchev–Trinajstić information content (AvgIpc) is 3.17. The third-order valence-electron chi connectivity index (χ3n) is 6.54. The van der Waals surface area contributed by atoms with Gasteiger partial charge in [-0.3, -0.25) is 9.59 Å². The number of carbonyl (C=O) groups excluding carboxylic acids is 2. The zero-order valence-corrected chi connectivity index (χ0v) is 19.4. The van der Waals surface area contributed by atoms with E-state index in [1.54, 1.807) is 10.9 Å². The average molecular weight is 441 g/mol. The normalized spacial score (nSPS) is 18.9. The number of nitrogens with one attached hydrogen (secondary N) is 2. The first kappa shape index (κ1) is 21.2. The summed E-state index contributed by atoms with van der Waals surface area (Å²) in [5, 5.41) is 11.0. The van der Waals surface area contributed by atoms with Gasteiger partial charge in [0, 0.05) is 23.4 Å². The molecule has 1 atom stereocenters. The van der Waals surface area contributed by atoms with Crippen LogP contribution in [0.5, 0.6) is 0 Å².